The molecule has 0 fully saturated rings. The molecule has 0 aliphatic heterocycles. The third kappa shape index (κ3) is 2.77. The highest BCUT2D eigenvalue weighted by Gasteiger charge is 2.06. The van der Waals surface area contributed by atoms with Crippen molar-refractivity contribution in [2.75, 3.05) is 24.7 Å². The Morgan fingerprint density at radius 2 is 2.29 bits per heavy atom. The predicted octanol–water partition coefficient (Wildman–Crippen LogP) is 2.03. The van der Waals surface area contributed by atoms with Gasteiger partial charge in [0.05, 0.1) is 12.8 Å². The number of anilines is 1. The molecule has 0 aromatic carbocycles. The Labute approximate surface area is 88.5 Å². The monoisotopic (exact) mass is 213 g/mol. The van der Waals surface area contributed by atoms with Crippen LogP contribution in [0.25, 0.3) is 0 Å². The number of hydrogen-bond donors (Lipinski definition) is 1. The number of ether oxygens (including phenoxy) is 1. The second-order valence-electron chi connectivity index (χ2n) is 2.53. The third-order valence-corrected chi connectivity index (χ3v) is 2.12. The van der Waals surface area contributed by atoms with Gasteiger partial charge in [0.25, 0.3) is 0 Å². The minimum atomic E-state index is 0.625. The first kappa shape index (κ1) is 11.1. The van der Waals surface area contributed by atoms with E-state index in [1.54, 1.807) is 6.20 Å². The molecule has 4 nitrogen and oxygen atoms in total. The Morgan fingerprint density at radius 1 is 1.50 bits per heavy atom. The molecule has 0 saturated heterocycles. The minimum absolute atomic E-state index is 0.625. The van der Waals surface area contributed by atoms with Crippen molar-refractivity contribution in [3.05, 3.63) is 6.20 Å². The van der Waals surface area contributed by atoms with Crippen LogP contribution in [-0.2, 0) is 0 Å². The van der Waals surface area contributed by atoms with Crippen LogP contribution in [0, 0.1) is 0 Å². The number of hydrogen-bond acceptors (Lipinski definition) is 5. The molecule has 1 heterocycles. The summed E-state index contributed by atoms with van der Waals surface area (Å²) < 4.78 is 5.39. The quantitative estimate of drug-likeness (QED) is 0.599. The Bertz CT molecular complexity index is 293. The first-order valence-corrected chi connectivity index (χ1v) is 5.82. The zero-order chi connectivity index (χ0) is 10.4. The normalized spacial score (nSPS) is 9.93. The van der Waals surface area contributed by atoms with E-state index in [4.69, 9.17) is 4.74 Å². The van der Waals surface area contributed by atoms with Gasteiger partial charge in [0.1, 0.15) is 0 Å². The molecule has 1 N–H and O–H groups in total. The lowest BCUT2D eigenvalue weighted by Gasteiger charge is -2.09. The number of rotatable bonds is 5. The first-order valence-electron chi connectivity index (χ1n) is 4.59. The Balaban J connectivity index is 2.91. The van der Waals surface area contributed by atoms with Crippen molar-refractivity contribution in [1.29, 1.82) is 0 Å². The van der Waals surface area contributed by atoms with Crippen molar-refractivity contribution in [1.82, 2.24) is 9.97 Å². The molecule has 0 bridgehead atoms. The van der Waals surface area contributed by atoms with Crippen molar-refractivity contribution in [3.63, 3.8) is 0 Å². The van der Waals surface area contributed by atoms with Crippen LogP contribution < -0.4 is 10.1 Å². The number of aromatic nitrogens is 2. The van der Waals surface area contributed by atoms with Gasteiger partial charge < -0.3 is 10.1 Å². The Hall–Kier alpha value is -0.970. The molecule has 14 heavy (non-hydrogen) atoms. The van der Waals surface area contributed by atoms with Crippen LogP contribution in [0.5, 0.6) is 5.75 Å². The fourth-order valence-corrected chi connectivity index (χ4v) is 1.35. The predicted molar refractivity (Wildman–Crippen MR) is 59.1 cm³/mol. The minimum Gasteiger partial charge on any atom is -0.488 e. The summed E-state index contributed by atoms with van der Waals surface area (Å²) in [6, 6.07) is 0. The lowest BCUT2D eigenvalue weighted by Crippen LogP contribution is -2.05. The molecule has 0 aliphatic rings. The third-order valence-electron chi connectivity index (χ3n) is 1.56. The first-order chi connectivity index (χ1) is 6.81. The maximum absolute atomic E-state index is 5.39. The van der Waals surface area contributed by atoms with Gasteiger partial charge in [0.15, 0.2) is 16.7 Å². The summed E-state index contributed by atoms with van der Waals surface area (Å²) in [6.45, 7) is 5.42. The highest BCUT2D eigenvalue weighted by Crippen LogP contribution is 2.23. The molecular formula is C9H15N3OS. The van der Waals surface area contributed by atoms with Crippen molar-refractivity contribution >= 4 is 17.6 Å². The number of nitrogens with zero attached hydrogens (tertiary/aromatic N) is 2. The Morgan fingerprint density at radius 3 is 2.86 bits per heavy atom. The van der Waals surface area contributed by atoms with Crippen LogP contribution in [0.3, 0.4) is 0 Å². The van der Waals surface area contributed by atoms with E-state index >= 15 is 0 Å². The zero-order valence-corrected chi connectivity index (χ0v) is 9.52. The second kappa shape index (κ2) is 5.70. The van der Waals surface area contributed by atoms with E-state index in [-0.39, 0.29) is 0 Å². The maximum atomic E-state index is 5.39. The van der Waals surface area contributed by atoms with Gasteiger partial charge in [-0.05, 0) is 20.1 Å². The van der Waals surface area contributed by atoms with Gasteiger partial charge in [-0.1, -0.05) is 11.8 Å². The SMILES string of the molecule is CCNc1nc(SC)ncc1OCC. The fourth-order valence-electron chi connectivity index (χ4n) is 1.01. The van der Waals surface area contributed by atoms with Crippen molar-refractivity contribution in [2.45, 2.75) is 19.0 Å². The lowest BCUT2D eigenvalue weighted by atomic mass is 10.5. The molecule has 5 heteroatoms. The average Bonchev–Trinajstić information content (AvgIpc) is 2.21. The van der Waals surface area contributed by atoms with Crippen molar-refractivity contribution < 1.29 is 4.74 Å². The van der Waals surface area contributed by atoms with Gasteiger partial charge in [-0.3, -0.25) is 0 Å². The van der Waals surface area contributed by atoms with E-state index in [0.29, 0.717) is 12.4 Å². The highest BCUT2D eigenvalue weighted by molar-refractivity contribution is 7.98. The van der Waals surface area contributed by atoms with Gasteiger partial charge in [0, 0.05) is 6.54 Å². The second-order valence-corrected chi connectivity index (χ2v) is 3.31. The molecular weight excluding hydrogens is 198 g/mol. The molecule has 0 radical (unpaired) electrons. The van der Waals surface area contributed by atoms with Crippen LogP contribution in [0.2, 0.25) is 0 Å². The highest BCUT2D eigenvalue weighted by atomic mass is 32.2. The summed E-state index contributed by atoms with van der Waals surface area (Å²) in [7, 11) is 0. The van der Waals surface area contributed by atoms with E-state index in [2.05, 4.69) is 15.3 Å². The molecule has 1 rings (SSSR count). The summed E-state index contributed by atoms with van der Waals surface area (Å²) in [5.74, 6) is 1.49. The molecule has 78 valence electrons. The van der Waals surface area contributed by atoms with Crippen molar-refractivity contribution in [2.24, 2.45) is 0 Å². The van der Waals surface area contributed by atoms with E-state index < -0.39 is 0 Å². The summed E-state index contributed by atoms with van der Waals surface area (Å²) in [4.78, 5) is 8.46. The van der Waals surface area contributed by atoms with E-state index in [1.807, 2.05) is 20.1 Å². The smallest absolute Gasteiger partial charge is 0.189 e. The topological polar surface area (TPSA) is 47.0 Å². The number of thioether (sulfide) groups is 1. The fraction of sp³-hybridized carbons (Fsp3) is 0.556. The largest absolute Gasteiger partial charge is 0.488 e. The molecule has 0 saturated carbocycles. The Kier molecular flexibility index (Phi) is 4.52. The lowest BCUT2D eigenvalue weighted by molar-refractivity contribution is 0.338. The van der Waals surface area contributed by atoms with Gasteiger partial charge in [-0.25, -0.2) is 9.97 Å². The van der Waals surface area contributed by atoms with Crippen molar-refractivity contribution in [3.8, 4) is 5.75 Å². The van der Waals surface area contributed by atoms with E-state index in [0.717, 1.165) is 17.5 Å². The molecule has 0 amide bonds. The number of nitrogens with one attached hydrogen (secondary N) is 1. The summed E-state index contributed by atoms with van der Waals surface area (Å²) in [6.07, 6.45) is 3.66. The van der Waals surface area contributed by atoms with Crippen LogP contribution in [0.15, 0.2) is 11.4 Å². The molecule has 0 aliphatic carbocycles. The summed E-state index contributed by atoms with van der Waals surface area (Å²) in [5, 5.41) is 3.90. The zero-order valence-electron chi connectivity index (χ0n) is 8.70. The van der Waals surface area contributed by atoms with E-state index in [9.17, 15) is 0 Å². The van der Waals surface area contributed by atoms with Gasteiger partial charge in [0.2, 0.25) is 0 Å². The molecule has 0 atom stereocenters. The van der Waals surface area contributed by atoms with Gasteiger partial charge in [-0.15, -0.1) is 0 Å². The van der Waals surface area contributed by atoms with Gasteiger partial charge >= 0.3 is 0 Å². The van der Waals surface area contributed by atoms with Crippen LogP contribution in [0.1, 0.15) is 13.8 Å². The van der Waals surface area contributed by atoms with Crippen LogP contribution in [-0.4, -0.2) is 29.4 Å². The summed E-state index contributed by atoms with van der Waals surface area (Å²) >= 11 is 1.52. The standard InChI is InChI=1S/C9H15N3OS/c1-4-10-8-7(13-5-2)6-11-9(12-8)14-3/h6H,4-5H2,1-3H3,(H,10,11,12). The van der Waals surface area contributed by atoms with Crippen LogP contribution >= 0.6 is 11.8 Å². The maximum Gasteiger partial charge on any atom is 0.189 e. The van der Waals surface area contributed by atoms with Crippen LogP contribution in [0.4, 0.5) is 5.82 Å². The molecule has 1 aromatic heterocycles. The van der Waals surface area contributed by atoms with Gasteiger partial charge in [-0.2, -0.15) is 0 Å². The van der Waals surface area contributed by atoms with E-state index in [1.165, 1.54) is 11.8 Å². The molecule has 0 spiro atoms. The average molecular weight is 213 g/mol. The molecule has 1 aromatic rings. The summed E-state index contributed by atoms with van der Waals surface area (Å²) in [5.41, 5.74) is 0. The molecule has 0 unspecified atom stereocenters.